The number of amides is 1. The molecule has 0 radical (unpaired) electrons. The highest BCUT2D eigenvalue weighted by Crippen LogP contribution is 2.39. The Kier molecular flexibility index (Phi) is 3.78. The Hall–Kier alpha value is -1.36. The fourth-order valence-electron chi connectivity index (χ4n) is 1.83. The van der Waals surface area contributed by atoms with Crippen molar-refractivity contribution in [1.29, 1.82) is 0 Å². The topological polar surface area (TPSA) is 56.1 Å². The standard InChI is InChI=1S/C12H19N3O2/c1-3-17-8-12(16)13-7-10-6-11(9-4-5-9)15(2)14-10/h6,9H,3-5,7-8H2,1-2H3,(H,13,16). The molecule has 0 saturated heterocycles. The van der Waals surface area contributed by atoms with E-state index in [1.54, 1.807) is 0 Å². The van der Waals surface area contributed by atoms with E-state index in [9.17, 15) is 4.79 Å². The molecular formula is C12H19N3O2. The zero-order chi connectivity index (χ0) is 12.3. The van der Waals surface area contributed by atoms with Crippen LogP contribution in [0.25, 0.3) is 0 Å². The van der Waals surface area contributed by atoms with Crippen LogP contribution in [0.2, 0.25) is 0 Å². The number of aryl methyl sites for hydroxylation is 1. The summed E-state index contributed by atoms with van der Waals surface area (Å²) in [6.45, 7) is 3.03. The first-order valence-electron chi connectivity index (χ1n) is 6.08. The van der Waals surface area contributed by atoms with Crippen LogP contribution in [0.4, 0.5) is 0 Å². The fourth-order valence-corrected chi connectivity index (χ4v) is 1.83. The van der Waals surface area contributed by atoms with Crippen molar-refractivity contribution < 1.29 is 9.53 Å². The minimum atomic E-state index is -0.0922. The van der Waals surface area contributed by atoms with Gasteiger partial charge in [0, 0.05) is 25.3 Å². The predicted octanol–water partition coefficient (Wildman–Crippen LogP) is 0.950. The third-order valence-corrected chi connectivity index (χ3v) is 2.87. The average Bonchev–Trinajstić information content (AvgIpc) is 3.08. The Morgan fingerprint density at radius 3 is 3.06 bits per heavy atom. The number of hydrogen-bond donors (Lipinski definition) is 1. The molecule has 1 aliphatic carbocycles. The molecule has 1 saturated carbocycles. The number of carbonyl (C=O) groups excluding carboxylic acids is 1. The second-order valence-corrected chi connectivity index (χ2v) is 4.37. The number of rotatable bonds is 6. The van der Waals surface area contributed by atoms with Gasteiger partial charge in [-0.2, -0.15) is 5.10 Å². The lowest BCUT2D eigenvalue weighted by atomic mass is 10.2. The summed E-state index contributed by atoms with van der Waals surface area (Å²) in [5, 5.41) is 7.18. The van der Waals surface area contributed by atoms with E-state index in [1.165, 1.54) is 18.5 Å². The van der Waals surface area contributed by atoms with E-state index in [0.717, 1.165) is 5.69 Å². The van der Waals surface area contributed by atoms with Gasteiger partial charge in [0.05, 0.1) is 12.2 Å². The van der Waals surface area contributed by atoms with Crippen molar-refractivity contribution in [3.63, 3.8) is 0 Å². The third kappa shape index (κ3) is 3.30. The van der Waals surface area contributed by atoms with Gasteiger partial charge in [0.15, 0.2) is 0 Å². The molecule has 1 aromatic rings. The molecule has 17 heavy (non-hydrogen) atoms. The molecule has 0 aliphatic heterocycles. The number of carbonyl (C=O) groups is 1. The first-order chi connectivity index (χ1) is 8.20. The minimum Gasteiger partial charge on any atom is -0.372 e. The number of ether oxygens (including phenoxy) is 1. The van der Waals surface area contributed by atoms with Crippen molar-refractivity contribution in [3.05, 3.63) is 17.5 Å². The van der Waals surface area contributed by atoms with Crippen LogP contribution in [0.1, 0.15) is 37.1 Å². The average molecular weight is 237 g/mol. The first-order valence-corrected chi connectivity index (χ1v) is 6.08. The molecule has 0 spiro atoms. The van der Waals surface area contributed by atoms with Gasteiger partial charge in [-0.15, -0.1) is 0 Å². The molecule has 0 unspecified atom stereocenters. The van der Waals surface area contributed by atoms with Gasteiger partial charge in [-0.3, -0.25) is 9.48 Å². The number of nitrogens with zero attached hydrogens (tertiary/aromatic N) is 2. The number of nitrogens with one attached hydrogen (secondary N) is 1. The lowest BCUT2D eigenvalue weighted by molar-refractivity contribution is -0.125. The Morgan fingerprint density at radius 2 is 2.41 bits per heavy atom. The van der Waals surface area contributed by atoms with E-state index in [1.807, 2.05) is 18.7 Å². The zero-order valence-electron chi connectivity index (χ0n) is 10.4. The van der Waals surface area contributed by atoms with Crippen LogP contribution in [0, 0.1) is 0 Å². The van der Waals surface area contributed by atoms with Crippen LogP contribution in [-0.2, 0) is 23.1 Å². The lowest BCUT2D eigenvalue weighted by Gasteiger charge is -2.02. The predicted molar refractivity (Wildman–Crippen MR) is 63.5 cm³/mol. The van der Waals surface area contributed by atoms with Crippen LogP contribution >= 0.6 is 0 Å². The van der Waals surface area contributed by atoms with Crippen LogP contribution in [0.3, 0.4) is 0 Å². The smallest absolute Gasteiger partial charge is 0.246 e. The van der Waals surface area contributed by atoms with E-state index in [-0.39, 0.29) is 12.5 Å². The van der Waals surface area contributed by atoms with Crippen LogP contribution < -0.4 is 5.32 Å². The SMILES string of the molecule is CCOCC(=O)NCc1cc(C2CC2)n(C)n1. The minimum absolute atomic E-state index is 0.0922. The van der Waals surface area contributed by atoms with E-state index in [2.05, 4.69) is 16.5 Å². The van der Waals surface area contributed by atoms with E-state index in [0.29, 0.717) is 19.1 Å². The van der Waals surface area contributed by atoms with Gasteiger partial charge >= 0.3 is 0 Å². The summed E-state index contributed by atoms with van der Waals surface area (Å²) in [4.78, 5) is 11.3. The van der Waals surface area contributed by atoms with Gasteiger partial charge in [0.1, 0.15) is 6.61 Å². The molecule has 5 nitrogen and oxygen atoms in total. The van der Waals surface area contributed by atoms with Crippen LogP contribution in [0.15, 0.2) is 6.07 Å². The van der Waals surface area contributed by atoms with Crippen molar-refractivity contribution in [2.75, 3.05) is 13.2 Å². The zero-order valence-corrected chi connectivity index (χ0v) is 10.4. The molecule has 94 valence electrons. The normalized spacial score (nSPS) is 14.9. The van der Waals surface area contributed by atoms with Crippen LogP contribution in [0.5, 0.6) is 0 Å². The highest BCUT2D eigenvalue weighted by molar-refractivity contribution is 5.77. The largest absolute Gasteiger partial charge is 0.372 e. The number of aromatic nitrogens is 2. The summed E-state index contributed by atoms with van der Waals surface area (Å²) in [6.07, 6.45) is 2.52. The molecule has 2 rings (SSSR count). The summed E-state index contributed by atoms with van der Waals surface area (Å²) in [6, 6.07) is 2.08. The molecule has 1 amide bonds. The molecule has 1 fully saturated rings. The molecule has 1 N–H and O–H groups in total. The van der Waals surface area contributed by atoms with Crippen molar-refractivity contribution in [1.82, 2.24) is 15.1 Å². The second kappa shape index (κ2) is 5.31. The maximum Gasteiger partial charge on any atom is 0.246 e. The van der Waals surface area contributed by atoms with E-state index < -0.39 is 0 Å². The van der Waals surface area contributed by atoms with Gasteiger partial charge in [0.2, 0.25) is 5.91 Å². The van der Waals surface area contributed by atoms with E-state index in [4.69, 9.17) is 4.74 Å². The van der Waals surface area contributed by atoms with E-state index >= 15 is 0 Å². The fraction of sp³-hybridized carbons (Fsp3) is 0.667. The second-order valence-electron chi connectivity index (χ2n) is 4.37. The maximum absolute atomic E-state index is 11.3. The molecule has 1 aromatic heterocycles. The summed E-state index contributed by atoms with van der Waals surface area (Å²) >= 11 is 0. The molecule has 0 bridgehead atoms. The van der Waals surface area contributed by atoms with Crippen molar-refractivity contribution in [2.24, 2.45) is 7.05 Å². The monoisotopic (exact) mass is 237 g/mol. The summed E-state index contributed by atoms with van der Waals surface area (Å²) in [7, 11) is 1.96. The van der Waals surface area contributed by atoms with Gasteiger partial charge in [-0.25, -0.2) is 0 Å². The van der Waals surface area contributed by atoms with Crippen molar-refractivity contribution in [2.45, 2.75) is 32.2 Å². The molecular weight excluding hydrogens is 218 g/mol. The first kappa shape index (κ1) is 12.1. The van der Waals surface area contributed by atoms with Crippen LogP contribution in [-0.4, -0.2) is 28.9 Å². The summed E-state index contributed by atoms with van der Waals surface area (Å²) in [5.74, 6) is 0.589. The molecule has 5 heteroatoms. The van der Waals surface area contributed by atoms with Crippen molar-refractivity contribution in [3.8, 4) is 0 Å². The Labute approximate surface area is 101 Å². The third-order valence-electron chi connectivity index (χ3n) is 2.87. The maximum atomic E-state index is 11.3. The Balaban J connectivity index is 1.82. The highest BCUT2D eigenvalue weighted by atomic mass is 16.5. The summed E-state index contributed by atoms with van der Waals surface area (Å²) < 4.78 is 6.94. The van der Waals surface area contributed by atoms with Gasteiger partial charge in [-0.05, 0) is 25.8 Å². The lowest BCUT2D eigenvalue weighted by Crippen LogP contribution is -2.27. The van der Waals surface area contributed by atoms with Gasteiger partial charge < -0.3 is 10.1 Å². The Morgan fingerprint density at radius 1 is 1.65 bits per heavy atom. The quantitative estimate of drug-likeness (QED) is 0.801. The molecule has 0 atom stereocenters. The molecule has 1 heterocycles. The molecule has 1 aliphatic rings. The summed E-state index contributed by atoms with van der Waals surface area (Å²) in [5.41, 5.74) is 2.19. The van der Waals surface area contributed by atoms with Gasteiger partial charge in [-0.1, -0.05) is 0 Å². The van der Waals surface area contributed by atoms with Gasteiger partial charge in [0.25, 0.3) is 0 Å². The number of hydrogen-bond acceptors (Lipinski definition) is 3. The molecule has 0 aromatic carbocycles. The Bertz CT molecular complexity index is 396. The highest BCUT2D eigenvalue weighted by Gasteiger charge is 2.27. The van der Waals surface area contributed by atoms with Crippen molar-refractivity contribution >= 4 is 5.91 Å².